The fourth-order valence-electron chi connectivity index (χ4n) is 0.167. The summed E-state index contributed by atoms with van der Waals surface area (Å²) in [5, 5.41) is 0. The molecule has 1 aliphatic heterocycles. The Labute approximate surface area is 30.3 Å². The summed E-state index contributed by atoms with van der Waals surface area (Å²) in [5.74, 6) is 0. The van der Waals surface area contributed by atoms with Crippen LogP contribution < -0.4 is 4.99 Å². The molecule has 0 atom stereocenters. The fraction of sp³-hybridized carbons (Fsp3) is 0. The fourth-order valence-corrected chi connectivity index (χ4v) is 0.167. The highest BCUT2D eigenvalue weighted by molar-refractivity contribution is 6.16. The smallest absolute Gasteiger partial charge is 0.193 e. The van der Waals surface area contributed by atoms with Gasteiger partial charge in [0.05, 0.1) is 4.99 Å². The van der Waals surface area contributed by atoms with Crippen LogP contribution in [0.5, 0.6) is 0 Å². The van der Waals surface area contributed by atoms with Gasteiger partial charge in [-0.25, -0.2) is 0 Å². The predicted molar refractivity (Wildman–Crippen MR) is 19.9 cm³/mol. The summed E-state index contributed by atoms with van der Waals surface area (Å²) in [4.78, 5) is 6.97. The molecular weight excluding hydrogens is 64.0 g/mol. The van der Waals surface area contributed by atoms with Crippen LogP contribution in [0.1, 0.15) is 0 Å². The minimum atomic E-state index is 1.58. The van der Waals surface area contributed by atoms with Gasteiger partial charge in [0.25, 0.3) is 6.21 Å². The van der Waals surface area contributed by atoms with Gasteiger partial charge in [0, 0.05) is 0 Å². The summed E-state index contributed by atoms with van der Waals surface area (Å²) in [6.45, 7) is 2.36. The van der Waals surface area contributed by atoms with Gasteiger partial charge in [0.15, 0.2) is 0 Å². The maximum absolute atomic E-state index is 3.49. The zero-order valence-electron chi connectivity index (χ0n) is 2.55. The van der Waals surface area contributed by atoms with E-state index in [1.54, 1.807) is 12.4 Å². The second kappa shape index (κ2) is 0.971. The molecule has 0 aromatic heterocycles. The van der Waals surface area contributed by atoms with Gasteiger partial charge in [0.1, 0.15) is 6.21 Å². The van der Waals surface area contributed by atoms with Crippen molar-refractivity contribution in [1.29, 1.82) is 0 Å². The quantitative estimate of drug-likeness (QED) is 0.363. The zero-order valence-corrected chi connectivity index (χ0v) is 2.55. The van der Waals surface area contributed by atoms with Crippen molar-refractivity contribution in [3.8, 4) is 0 Å². The maximum Gasteiger partial charge on any atom is 0.524 e. The Hall–Kier alpha value is -0.660. The van der Waals surface area contributed by atoms with Gasteiger partial charge in [0.2, 0.25) is 0 Å². The van der Waals surface area contributed by atoms with E-state index in [9.17, 15) is 0 Å². The standard InChI is InChI=1S/C3H2N2/c1-2-5-3-4-1/h1-2H/q+1. The lowest BCUT2D eigenvalue weighted by molar-refractivity contribution is 1.18. The molecule has 0 aromatic rings. The predicted octanol–water partition coefficient (Wildman–Crippen LogP) is -0.526. The number of hydrogen-bond acceptors (Lipinski definition) is 2. The SMILES string of the molecule is [C]1N=CC=[N+]1. The van der Waals surface area contributed by atoms with Crippen LogP contribution in [0.15, 0.2) is 4.99 Å². The second-order valence-corrected chi connectivity index (χ2v) is 0.656. The highest BCUT2D eigenvalue weighted by atomic mass is 14.9. The average Bonchev–Trinajstić information content (AvgIpc) is 1.76. The van der Waals surface area contributed by atoms with Crippen LogP contribution >= 0.6 is 0 Å². The molecule has 0 spiro atoms. The van der Waals surface area contributed by atoms with E-state index in [2.05, 4.69) is 16.7 Å². The first-order valence-electron chi connectivity index (χ1n) is 1.30. The lowest BCUT2D eigenvalue weighted by atomic mass is 10.9. The van der Waals surface area contributed by atoms with Crippen molar-refractivity contribution in [2.75, 3.05) is 0 Å². The van der Waals surface area contributed by atoms with Crippen molar-refractivity contribution in [2.45, 2.75) is 0 Å². The van der Waals surface area contributed by atoms with Gasteiger partial charge >= 0.3 is 6.67 Å². The van der Waals surface area contributed by atoms with Crippen LogP contribution in [0.3, 0.4) is 0 Å². The van der Waals surface area contributed by atoms with Crippen molar-refractivity contribution in [2.24, 2.45) is 4.99 Å². The molecule has 5 heavy (non-hydrogen) atoms. The van der Waals surface area contributed by atoms with E-state index in [0.29, 0.717) is 0 Å². The summed E-state index contributed by atoms with van der Waals surface area (Å²) >= 11 is 0. The molecule has 3 radical (unpaired) electrons. The van der Waals surface area contributed by atoms with E-state index in [-0.39, 0.29) is 0 Å². The Balaban J connectivity index is 2.61. The summed E-state index contributed by atoms with van der Waals surface area (Å²) in [6, 6.07) is 0. The van der Waals surface area contributed by atoms with E-state index < -0.39 is 0 Å². The van der Waals surface area contributed by atoms with Gasteiger partial charge in [-0.3, -0.25) is 0 Å². The lowest BCUT2D eigenvalue weighted by Gasteiger charge is -1.37. The van der Waals surface area contributed by atoms with E-state index in [1.165, 1.54) is 0 Å². The molecule has 0 saturated heterocycles. The van der Waals surface area contributed by atoms with Crippen LogP contribution in [0.2, 0.25) is 0 Å². The second-order valence-electron chi connectivity index (χ2n) is 0.656. The van der Waals surface area contributed by atoms with E-state index in [1.807, 2.05) is 0 Å². The summed E-state index contributed by atoms with van der Waals surface area (Å²) in [5.41, 5.74) is 0. The molecule has 0 bridgehead atoms. The minimum Gasteiger partial charge on any atom is -0.193 e. The lowest BCUT2D eigenvalue weighted by Crippen LogP contribution is -1.72. The van der Waals surface area contributed by atoms with Gasteiger partial charge in [-0.15, -0.1) is 0 Å². The van der Waals surface area contributed by atoms with Crippen LogP contribution in [0, 0.1) is 6.67 Å². The molecule has 1 heterocycles. The van der Waals surface area contributed by atoms with Crippen LogP contribution in [-0.4, -0.2) is 12.4 Å². The maximum atomic E-state index is 3.49. The molecule has 0 fully saturated rings. The van der Waals surface area contributed by atoms with Crippen LogP contribution in [-0.2, 0) is 0 Å². The Bertz CT molecular complexity index is 63.0. The Morgan fingerprint density at radius 3 is 3.00 bits per heavy atom. The third-order valence-electron chi connectivity index (χ3n) is 0.331. The summed E-state index contributed by atoms with van der Waals surface area (Å²) < 4.78 is 0. The molecule has 0 aromatic carbocycles. The zero-order chi connectivity index (χ0) is 3.54. The number of hydrogen-bond donors (Lipinski definition) is 0. The number of nitrogens with zero attached hydrogens (tertiary/aromatic N) is 2. The van der Waals surface area contributed by atoms with E-state index in [4.69, 9.17) is 0 Å². The number of aliphatic imine (C=N–C) groups is 2. The molecule has 2 nitrogen and oxygen atoms in total. The first kappa shape index (κ1) is 2.57. The number of rotatable bonds is 0. The normalized spacial score (nSPS) is 17.6. The molecule has 0 unspecified atom stereocenters. The van der Waals surface area contributed by atoms with Crippen LogP contribution in [0.25, 0.3) is 0 Å². The minimum absolute atomic E-state index is 1.58. The van der Waals surface area contributed by atoms with Crippen molar-refractivity contribution in [1.82, 2.24) is 4.99 Å². The van der Waals surface area contributed by atoms with Crippen molar-refractivity contribution in [3.05, 3.63) is 6.67 Å². The topological polar surface area (TPSA) is 26.5 Å². The average molecular weight is 66.1 g/mol. The Morgan fingerprint density at radius 1 is 1.80 bits per heavy atom. The first-order chi connectivity index (χ1) is 2.50. The molecule has 0 saturated carbocycles. The van der Waals surface area contributed by atoms with Crippen LogP contribution in [0.4, 0.5) is 0 Å². The molecule has 23 valence electrons. The Kier molecular flexibility index (Phi) is 0.499. The highest BCUT2D eigenvalue weighted by Gasteiger charge is 1.97. The molecule has 1 rings (SSSR count). The van der Waals surface area contributed by atoms with Crippen molar-refractivity contribution < 1.29 is 0 Å². The highest BCUT2D eigenvalue weighted by Crippen LogP contribution is 1.69. The molecule has 0 amide bonds. The van der Waals surface area contributed by atoms with Gasteiger partial charge in [-0.05, 0) is 0 Å². The summed E-state index contributed by atoms with van der Waals surface area (Å²) in [7, 11) is 0. The third kappa shape index (κ3) is 0.318. The monoisotopic (exact) mass is 66.0 g/mol. The third-order valence-corrected chi connectivity index (χ3v) is 0.331. The van der Waals surface area contributed by atoms with E-state index in [0.717, 1.165) is 0 Å². The molecule has 1 aliphatic rings. The largest absolute Gasteiger partial charge is 0.524 e. The summed E-state index contributed by atoms with van der Waals surface area (Å²) in [6.07, 6.45) is 3.17. The Morgan fingerprint density at radius 2 is 2.80 bits per heavy atom. The van der Waals surface area contributed by atoms with Gasteiger partial charge in [-0.2, -0.15) is 4.99 Å². The molecular formula is C3H2N2+. The molecule has 2 heteroatoms. The first-order valence-corrected chi connectivity index (χ1v) is 1.30. The van der Waals surface area contributed by atoms with Gasteiger partial charge < -0.3 is 0 Å². The van der Waals surface area contributed by atoms with E-state index >= 15 is 0 Å². The molecule has 0 N–H and O–H groups in total. The van der Waals surface area contributed by atoms with Gasteiger partial charge in [-0.1, -0.05) is 0 Å². The van der Waals surface area contributed by atoms with Crippen molar-refractivity contribution in [3.63, 3.8) is 0 Å². The van der Waals surface area contributed by atoms with Crippen molar-refractivity contribution >= 4 is 12.4 Å². The molecule has 0 aliphatic carbocycles.